The third-order valence-electron chi connectivity index (χ3n) is 5.11. The Labute approximate surface area is 147 Å². The van der Waals surface area contributed by atoms with Gasteiger partial charge in [0.15, 0.2) is 8.32 Å². The number of amides is 1. The Morgan fingerprint density at radius 1 is 1.21 bits per heavy atom. The number of nitrogens with one attached hydrogen (secondary N) is 1. The predicted molar refractivity (Wildman–Crippen MR) is 99.3 cm³/mol. The minimum atomic E-state index is -1.87. The number of hydrogen-bond donors (Lipinski definition) is 1. The van der Waals surface area contributed by atoms with Gasteiger partial charge in [-0.2, -0.15) is 0 Å². The van der Waals surface area contributed by atoms with Crippen molar-refractivity contribution in [2.45, 2.75) is 70.5 Å². The second-order valence-electron chi connectivity index (χ2n) is 8.13. The molecule has 1 amide bonds. The molecule has 1 N–H and O–H groups in total. The molecule has 0 saturated carbocycles. The number of benzene rings is 1. The molecule has 1 aliphatic rings. The van der Waals surface area contributed by atoms with Crippen molar-refractivity contribution >= 4 is 14.2 Å². The molecule has 1 saturated heterocycles. The average Bonchev–Trinajstić information content (AvgIpc) is 2.50. The third kappa shape index (κ3) is 5.16. The number of hydrogen-bond acceptors (Lipinski definition) is 3. The van der Waals surface area contributed by atoms with Crippen LogP contribution in [0, 0.1) is 0 Å². The van der Waals surface area contributed by atoms with Crippen LogP contribution < -0.4 is 5.32 Å². The molecule has 0 aliphatic carbocycles. The lowest BCUT2D eigenvalue weighted by atomic mass is 10.0. The Balaban J connectivity index is 1.94. The van der Waals surface area contributed by atoms with Gasteiger partial charge in [-0.25, -0.2) is 0 Å². The van der Waals surface area contributed by atoms with Gasteiger partial charge in [0.05, 0.1) is 25.4 Å². The maximum Gasteiger partial charge on any atom is 0.220 e. The van der Waals surface area contributed by atoms with Crippen molar-refractivity contribution in [2.75, 3.05) is 6.61 Å². The van der Waals surface area contributed by atoms with Gasteiger partial charge in [0.25, 0.3) is 0 Å². The van der Waals surface area contributed by atoms with Gasteiger partial charge in [-0.3, -0.25) is 4.79 Å². The van der Waals surface area contributed by atoms with E-state index >= 15 is 0 Å². The lowest BCUT2D eigenvalue weighted by Crippen LogP contribution is -2.56. The fourth-order valence-electron chi connectivity index (χ4n) is 2.57. The molecule has 1 heterocycles. The van der Waals surface area contributed by atoms with Crippen molar-refractivity contribution in [1.82, 2.24) is 5.32 Å². The van der Waals surface area contributed by atoms with E-state index in [1.54, 1.807) is 0 Å². The van der Waals surface area contributed by atoms with E-state index in [0.29, 0.717) is 19.6 Å². The van der Waals surface area contributed by atoms with Gasteiger partial charge < -0.3 is 14.5 Å². The van der Waals surface area contributed by atoms with Crippen molar-refractivity contribution in [2.24, 2.45) is 0 Å². The maximum absolute atomic E-state index is 11.8. The zero-order valence-corrected chi connectivity index (χ0v) is 16.6. The summed E-state index contributed by atoms with van der Waals surface area (Å²) in [4.78, 5) is 11.8. The Bertz CT molecular complexity index is 539. The average molecular weight is 350 g/mol. The normalized spacial score (nSPS) is 22.3. The number of rotatable bonds is 6. The lowest BCUT2D eigenvalue weighted by Gasteiger charge is -2.43. The Morgan fingerprint density at radius 2 is 1.88 bits per heavy atom. The molecule has 4 nitrogen and oxygen atoms in total. The molecule has 0 aromatic heterocycles. The molecule has 1 fully saturated rings. The summed E-state index contributed by atoms with van der Waals surface area (Å²) in [5.41, 5.74) is 1.14. The molecule has 0 spiro atoms. The van der Waals surface area contributed by atoms with Crippen LogP contribution in [0.1, 0.15) is 39.2 Å². The van der Waals surface area contributed by atoms with Gasteiger partial charge >= 0.3 is 0 Å². The molecule has 24 heavy (non-hydrogen) atoms. The van der Waals surface area contributed by atoms with Gasteiger partial charge in [0.2, 0.25) is 5.91 Å². The predicted octanol–water partition coefficient (Wildman–Crippen LogP) is 3.87. The first-order valence-electron chi connectivity index (χ1n) is 8.78. The van der Waals surface area contributed by atoms with Crippen LogP contribution in [-0.4, -0.2) is 33.0 Å². The molecule has 1 aromatic rings. The fourth-order valence-corrected chi connectivity index (χ4v) is 3.96. The first-order chi connectivity index (χ1) is 11.2. The van der Waals surface area contributed by atoms with Gasteiger partial charge in [-0.1, -0.05) is 51.1 Å². The zero-order valence-electron chi connectivity index (χ0n) is 15.6. The summed E-state index contributed by atoms with van der Waals surface area (Å²) in [6.45, 7) is 12.3. The van der Waals surface area contributed by atoms with Crippen molar-refractivity contribution < 1.29 is 14.0 Å². The molecule has 134 valence electrons. The fraction of sp³-hybridized carbons (Fsp3) is 0.632. The van der Waals surface area contributed by atoms with Crippen molar-refractivity contribution in [1.29, 1.82) is 0 Å². The monoisotopic (exact) mass is 349 g/mol. The van der Waals surface area contributed by atoms with E-state index in [-0.39, 0.29) is 23.1 Å². The summed E-state index contributed by atoms with van der Waals surface area (Å²) in [6, 6.07) is 10.0. The SMILES string of the molecule is CC(C)(C)[Si](C)(C)O[C@H]1CCC(=O)N[C@@H]1COCc1ccccc1. The summed E-state index contributed by atoms with van der Waals surface area (Å²) in [6.07, 6.45) is 1.35. The Kier molecular flexibility index (Phi) is 6.23. The van der Waals surface area contributed by atoms with E-state index in [2.05, 4.69) is 39.2 Å². The van der Waals surface area contributed by atoms with E-state index in [0.717, 1.165) is 12.0 Å². The summed E-state index contributed by atoms with van der Waals surface area (Å²) in [5.74, 6) is 0.0957. The minimum absolute atomic E-state index is 0.0411. The third-order valence-corrected chi connectivity index (χ3v) is 9.62. The van der Waals surface area contributed by atoms with Crippen LogP contribution in [0.5, 0.6) is 0 Å². The molecule has 2 atom stereocenters. The second-order valence-corrected chi connectivity index (χ2v) is 12.9. The van der Waals surface area contributed by atoms with Crippen LogP contribution >= 0.6 is 0 Å². The summed E-state index contributed by atoms with van der Waals surface area (Å²) >= 11 is 0. The Morgan fingerprint density at radius 3 is 2.50 bits per heavy atom. The molecule has 0 bridgehead atoms. The zero-order chi connectivity index (χ0) is 17.8. The van der Waals surface area contributed by atoms with Gasteiger partial charge in [-0.05, 0) is 30.1 Å². The van der Waals surface area contributed by atoms with Crippen LogP contribution in [0.15, 0.2) is 30.3 Å². The number of carbonyl (C=O) groups is 1. The van der Waals surface area contributed by atoms with Gasteiger partial charge in [0, 0.05) is 6.42 Å². The molecule has 1 aromatic carbocycles. The number of piperidine rings is 1. The molecule has 2 rings (SSSR count). The largest absolute Gasteiger partial charge is 0.412 e. The van der Waals surface area contributed by atoms with Crippen molar-refractivity contribution in [3.8, 4) is 0 Å². The molecule has 0 unspecified atom stereocenters. The first-order valence-corrected chi connectivity index (χ1v) is 11.7. The first kappa shape index (κ1) is 19.2. The number of carbonyl (C=O) groups excluding carboxylic acids is 1. The molecular formula is C19H31NO3Si. The van der Waals surface area contributed by atoms with E-state index < -0.39 is 8.32 Å². The van der Waals surface area contributed by atoms with Crippen LogP contribution in [0.25, 0.3) is 0 Å². The van der Waals surface area contributed by atoms with Gasteiger partial charge in [0.1, 0.15) is 0 Å². The van der Waals surface area contributed by atoms with Crippen LogP contribution in [-0.2, 0) is 20.6 Å². The highest BCUT2D eigenvalue weighted by Gasteiger charge is 2.42. The highest BCUT2D eigenvalue weighted by Crippen LogP contribution is 2.38. The quantitative estimate of drug-likeness (QED) is 0.793. The smallest absolute Gasteiger partial charge is 0.220 e. The Hall–Kier alpha value is -1.17. The lowest BCUT2D eigenvalue weighted by molar-refractivity contribution is -0.126. The van der Waals surface area contributed by atoms with E-state index in [1.165, 1.54) is 0 Å². The standard InChI is InChI=1S/C19H31NO3Si/c1-19(2,3)24(4,5)23-17-11-12-18(21)20-16(17)14-22-13-15-9-7-6-8-10-15/h6-10,16-17H,11-14H2,1-5H3,(H,20,21)/t16-,17+/m1/s1. The van der Waals surface area contributed by atoms with Gasteiger partial charge in [-0.15, -0.1) is 0 Å². The highest BCUT2D eigenvalue weighted by molar-refractivity contribution is 6.74. The minimum Gasteiger partial charge on any atom is -0.412 e. The summed E-state index contributed by atoms with van der Waals surface area (Å²) < 4.78 is 12.4. The molecule has 0 radical (unpaired) electrons. The van der Waals surface area contributed by atoms with E-state index in [9.17, 15) is 4.79 Å². The molecule has 5 heteroatoms. The van der Waals surface area contributed by atoms with Crippen LogP contribution in [0.4, 0.5) is 0 Å². The summed E-state index contributed by atoms with van der Waals surface area (Å²) in [7, 11) is -1.87. The molecular weight excluding hydrogens is 318 g/mol. The maximum atomic E-state index is 11.8. The second kappa shape index (κ2) is 7.81. The highest BCUT2D eigenvalue weighted by atomic mass is 28.4. The topological polar surface area (TPSA) is 47.6 Å². The number of ether oxygens (including phenoxy) is 1. The van der Waals surface area contributed by atoms with E-state index in [4.69, 9.17) is 9.16 Å². The molecule has 1 aliphatic heterocycles. The van der Waals surface area contributed by atoms with Crippen molar-refractivity contribution in [3.63, 3.8) is 0 Å². The van der Waals surface area contributed by atoms with Crippen LogP contribution in [0.2, 0.25) is 18.1 Å². The van der Waals surface area contributed by atoms with Crippen molar-refractivity contribution in [3.05, 3.63) is 35.9 Å². The van der Waals surface area contributed by atoms with Crippen LogP contribution in [0.3, 0.4) is 0 Å². The summed E-state index contributed by atoms with van der Waals surface area (Å²) in [5, 5.41) is 3.22. The van der Waals surface area contributed by atoms with E-state index in [1.807, 2.05) is 30.3 Å².